The Bertz CT molecular complexity index is 569. The number of aryl methyl sites for hydroxylation is 1. The van der Waals surface area contributed by atoms with Crippen molar-refractivity contribution >= 4 is 41.7 Å². The van der Waals surface area contributed by atoms with Gasteiger partial charge in [-0.3, -0.25) is 9.89 Å². The average molecular weight is 490 g/mol. The highest BCUT2D eigenvalue weighted by Crippen LogP contribution is 2.33. The predicted octanol–water partition coefficient (Wildman–Crippen LogP) is 2.49. The van der Waals surface area contributed by atoms with E-state index in [0.717, 1.165) is 45.4 Å². The maximum Gasteiger partial charge on any atom is 0.191 e. The summed E-state index contributed by atoms with van der Waals surface area (Å²) in [5.41, 5.74) is 2.79. The average Bonchev–Trinajstić information content (AvgIpc) is 3.14. The van der Waals surface area contributed by atoms with E-state index in [2.05, 4.69) is 63.5 Å². The Labute approximate surface area is 178 Å². The molecular formula is C19H31IN4OS. The summed E-state index contributed by atoms with van der Waals surface area (Å²) in [5.74, 6) is 3.31. The zero-order valence-electron chi connectivity index (χ0n) is 15.8. The normalized spacial score (nSPS) is 24.2. The van der Waals surface area contributed by atoms with Gasteiger partial charge in [0, 0.05) is 44.5 Å². The molecule has 2 heterocycles. The van der Waals surface area contributed by atoms with Crippen LogP contribution in [0.5, 0.6) is 0 Å². The van der Waals surface area contributed by atoms with Gasteiger partial charge in [-0.15, -0.1) is 24.0 Å². The Morgan fingerprint density at radius 1 is 1.23 bits per heavy atom. The first-order valence-corrected chi connectivity index (χ1v) is 10.3. The molecule has 0 spiro atoms. The van der Waals surface area contributed by atoms with E-state index in [1.807, 2.05) is 7.05 Å². The van der Waals surface area contributed by atoms with Gasteiger partial charge in [0.2, 0.25) is 0 Å². The lowest BCUT2D eigenvalue weighted by Crippen LogP contribution is -2.60. The number of rotatable bonds is 5. The Hall–Kier alpha value is -0.510. The van der Waals surface area contributed by atoms with E-state index in [9.17, 15) is 0 Å². The molecule has 1 aromatic carbocycles. The fraction of sp³-hybridized carbons (Fsp3) is 0.632. The standard InChI is InChI=1S/C19H30N4OS.HI/c1-16-3-5-17(6-4-16)13-21-18(20-2)22-14-19(7-12-25-15-19)23-8-10-24-11-9-23;/h3-6H,7-15H2,1-2H3,(H2,20,21,22);1H. The van der Waals surface area contributed by atoms with E-state index < -0.39 is 0 Å². The van der Waals surface area contributed by atoms with Gasteiger partial charge in [-0.05, 0) is 24.7 Å². The number of hydrogen-bond donors (Lipinski definition) is 2. The van der Waals surface area contributed by atoms with Gasteiger partial charge >= 0.3 is 0 Å². The molecule has 3 rings (SSSR count). The largest absolute Gasteiger partial charge is 0.379 e. The highest BCUT2D eigenvalue weighted by Gasteiger charge is 2.40. The Morgan fingerprint density at radius 2 is 1.96 bits per heavy atom. The molecular weight excluding hydrogens is 459 g/mol. The van der Waals surface area contributed by atoms with Crippen molar-refractivity contribution in [3.8, 4) is 0 Å². The molecule has 0 amide bonds. The van der Waals surface area contributed by atoms with E-state index in [-0.39, 0.29) is 29.5 Å². The molecule has 1 aromatic rings. The summed E-state index contributed by atoms with van der Waals surface area (Å²) in [7, 11) is 1.84. The predicted molar refractivity (Wildman–Crippen MR) is 122 cm³/mol. The van der Waals surface area contributed by atoms with Gasteiger partial charge in [-0.1, -0.05) is 29.8 Å². The zero-order valence-corrected chi connectivity index (χ0v) is 18.9. The zero-order chi connectivity index (χ0) is 17.5. The number of benzene rings is 1. The number of nitrogens with zero attached hydrogens (tertiary/aromatic N) is 2. The molecule has 0 aromatic heterocycles. The summed E-state index contributed by atoms with van der Waals surface area (Å²) >= 11 is 2.06. The van der Waals surface area contributed by atoms with Crippen LogP contribution in [0, 0.1) is 6.92 Å². The molecule has 0 radical (unpaired) electrons. The van der Waals surface area contributed by atoms with Gasteiger partial charge in [-0.2, -0.15) is 11.8 Å². The van der Waals surface area contributed by atoms with Crippen LogP contribution in [0.3, 0.4) is 0 Å². The number of aliphatic imine (C=N–C) groups is 1. The van der Waals surface area contributed by atoms with Crippen LogP contribution in [0.1, 0.15) is 17.5 Å². The third kappa shape index (κ3) is 5.74. The minimum Gasteiger partial charge on any atom is -0.379 e. The summed E-state index contributed by atoms with van der Waals surface area (Å²) in [6.45, 7) is 7.63. The Kier molecular flexibility index (Phi) is 8.99. The maximum atomic E-state index is 5.54. The Balaban J connectivity index is 0.00000243. The second kappa shape index (κ2) is 10.7. The smallest absolute Gasteiger partial charge is 0.191 e. The van der Waals surface area contributed by atoms with Crippen molar-refractivity contribution in [1.29, 1.82) is 0 Å². The first kappa shape index (κ1) is 21.8. The second-order valence-corrected chi connectivity index (χ2v) is 8.00. The first-order valence-electron chi connectivity index (χ1n) is 9.12. The molecule has 0 aliphatic carbocycles. The van der Waals surface area contributed by atoms with Crippen LogP contribution in [0.2, 0.25) is 0 Å². The molecule has 2 saturated heterocycles. The maximum absolute atomic E-state index is 5.54. The molecule has 7 heteroatoms. The van der Waals surface area contributed by atoms with Crippen LogP contribution in [0.25, 0.3) is 0 Å². The number of halogens is 1. The van der Waals surface area contributed by atoms with Gasteiger partial charge in [0.15, 0.2) is 5.96 Å². The highest BCUT2D eigenvalue weighted by atomic mass is 127. The molecule has 2 fully saturated rings. The summed E-state index contributed by atoms with van der Waals surface area (Å²) < 4.78 is 5.54. The van der Waals surface area contributed by atoms with Gasteiger partial charge < -0.3 is 15.4 Å². The van der Waals surface area contributed by atoms with Crippen molar-refractivity contribution in [1.82, 2.24) is 15.5 Å². The van der Waals surface area contributed by atoms with Crippen molar-refractivity contribution in [2.45, 2.75) is 25.4 Å². The molecule has 5 nitrogen and oxygen atoms in total. The van der Waals surface area contributed by atoms with Crippen LogP contribution in [0.4, 0.5) is 0 Å². The number of guanidine groups is 1. The quantitative estimate of drug-likeness (QED) is 0.378. The monoisotopic (exact) mass is 490 g/mol. The summed E-state index contributed by atoms with van der Waals surface area (Å²) in [6, 6.07) is 8.63. The minimum absolute atomic E-state index is 0. The fourth-order valence-electron chi connectivity index (χ4n) is 3.50. The highest BCUT2D eigenvalue weighted by molar-refractivity contribution is 14.0. The Morgan fingerprint density at radius 3 is 2.58 bits per heavy atom. The van der Waals surface area contributed by atoms with E-state index in [1.54, 1.807) is 0 Å². The molecule has 1 unspecified atom stereocenters. The molecule has 1 atom stereocenters. The second-order valence-electron chi connectivity index (χ2n) is 6.89. The molecule has 26 heavy (non-hydrogen) atoms. The van der Waals surface area contributed by atoms with Gasteiger partial charge in [-0.25, -0.2) is 0 Å². The summed E-state index contributed by atoms with van der Waals surface area (Å²) in [6.07, 6.45) is 1.24. The molecule has 2 aliphatic heterocycles. The number of morpholine rings is 1. The van der Waals surface area contributed by atoms with Gasteiger partial charge in [0.25, 0.3) is 0 Å². The molecule has 146 valence electrons. The number of hydrogen-bond acceptors (Lipinski definition) is 4. The van der Waals surface area contributed by atoms with Crippen molar-refractivity contribution < 1.29 is 4.74 Å². The number of thioether (sulfide) groups is 1. The van der Waals surface area contributed by atoms with Crippen molar-refractivity contribution in [2.24, 2.45) is 4.99 Å². The topological polar surface area (TPSA) is 48.9 Å². The van der Waals surface area contributed by atoms with Gasteiger partial charge in [0.05, 0.1) is 13.2 Å². The van der Waals surface area contributed by atoms with Crippen LogP contribution in [-0.4, -0.2) is 67.8 Å². The number of nitrogens with one attached hydrogen (secondary N) is 2. The molecule has 2 aliphatic rings. The van der Waals surface area contributed by atoms with E-state index in [1.165, 1.54) is 29.1 Å². The summed E-state index contributed by atoms with van der Waals surface area (Å²) in [4.78, 5) is 7.02. The lowest BCUT2D eigenvalue weighted by atomic mass is 9.95. The lowest BCUT2D eigenvalue weighted by molar-refractivity contribution is -0.0120. The van der Waals surface area contributed by atoms with Crippen LogP contribution < -0.4 is 10.6 Å². The van der Waals surface area contributed by atoms with Crippen LogP contribution >= 0.6 is 35.7 Å². The minimum atomic E-state index is 0. The molecule has 0 bridgehead atoms. The van der Waals surface area contributed by atoms with Crippen molar-refractivity contribution in [2.75, 3.05) is 51.4 Å². The third-order valence-corrected chi connectivity index (χ3v) is 6.39. The molecule has 0 saturated carbocycles. The third-order valence-electron chi connectivity index (χ3n) is 5.15. The first-order chi connectivity index (χ1) is 12.2. The van der Waals surface area contributed by atoms with E-state index in [0.29, 0.717) is 0 Å². The van der Waals surface area contributed by atoms with Crippen LogP contribution in [0.15, 0.2) is 29.3 Å². The lowest BCUT2D eigenvalue weighted by Gasteiger charge is -2.43. The van der Waals surface area contributed by atoms with Crippen LogP contribution in [-0.2, 0) is 11.3 Å². The van der Waals surface area contributed by atoms with Crippen molar-refractivity contribution in [3.05, 3.63) is 35.4 Å². The fourth-order valence-corrected chi connectivity index (χ4v) is 4.97. The molecule has 2 N–H and O–H groups in total. The SMILES string of the molecule is CN=C(NCc1ccc(C)cc1)NCC1(N2CCOCC2)CCSC1.I. The van der Waals surface area contributed by atoms with Gasteiger partial charge in [0.1, 0.15) is 0 Å². The van der Waals surface area contributed by atoms with E-state index >= 15 is 0 Å². The van der Waals surface area contributed by atoms with E-state index in [4.69, 9.17) is 4.74 Å². The number of ether oxygens (including phenoxy) is 1. The summed E-state index contributed by atoms with van der Waals surface area (Å²) in [5, 5.41) is 7.01. The van der Waals surface area contributed by atoms with Crippen molar-refractivity contribution in [3.63, 3.8) is 0 Å².